The third kappa shape index (κ3) is 6.72. The summed E-state index contributed by atoms with van der Waals surface area (Å²) >= 11 is 0. The van der Waals surface area contributed by atoms with Crippen LogP contribution in [0.25, 0.3) is 0 Å². The van der Waals surface area contributed by atoms with E-state index in [0.29, 0.717) is 26.4 Å². The van der Waals surface area contributed by atoms with Crippen molar-refractivity contribution in [3.8, 4) is 0 Å². The molecule has 0 aromatic rings. The zero-order valence-electron chi connectivity index (χ0n) is 12.8. The highest BCUT2D eigenvalue weighted by molar-refractivity contribution is 5.85. The van der Waals surface area contributed by atoms with Crippen molar-refractivity contribution in [2.24, 2.45) is 0 Å². The summed E-state index contributed by atoms with van der Waals surface area (Å²) in [7, 11) is 3.09. The number of amides is 2. The van der Waals surface area contributed by atoms with Crippen molar-refractivity contribution in [3.05, 3.63) is 0 Å². The standard InChI is InChI=1S/C13H26N2O5/c1-13(2,11(16)17)15(3)12(18)14-7-5-6-8-20-10-9-19-4/h5-10H2,1-4H3,(H,14,18)(H,16,17). The van der Waals surface area contributed by atoms with Gasteiger partial charge in [0.05, 0.1) is 13.2 Å². The first-order valence-electron chi connectivity index (χ1n) is 6.65. The van der Waals surface area contributed by atoms with Crippen LogP contribution >= 0.6 is 0 Å². The first-order chi connectivity index (χ1) is 9.34. The molecule has 0 heterocycles. The average molecular weight is 290 g/mol. The monoisotopic (exact) mass is 290 g/mol. The number of nitrogens with one attached hydrogen (secondary N) is 1. The summed E-state index contributed by atoms with van der Waals surface area (Å²) in [6.45, 7) is 5.23. The number of hydrogen-bond donors (Lipinski definition) is 2. The van der Waals surface area contributed by atoms with Crippen molar-refractivity contribution in [1.29, 1.82) is 0 Å². The van der Waals surface area contributed by atoms with E-state index >= 15 is 0 Å². The van der Waals surface area contributed by atoms with Crippen LogP contribution in [0, 0.1) is 0 Å². The molecule has 0 fully saturated rings. The van der Waals surface area contributed by atoms with Gasteiger partial charge in [0, 0.05) is 27.3 Å². The Balaban J connectivity index is 3.76. The molecular weight excluding hydrogens is 264 g/mol. The number of rotatable bonds is 10. The Morgan fingerprint density at radius 3 is 2.40 bits per heavy atom. The van der Waals surface area contributed by atoms with E-state index in [-0.39, 0.29) is 0 Å². The molecule has 7 nitrogen and oxygen atoms in total. The highest BCUT2D eigenvalue weighted by Gasteiger charge is 2.34. The van der Waals surface area contributed by atoms with Crippen LogP contribution in [0.3, 0.4) is 0 Å². The quantitative estimate of drug-likeness (QED) is 0.584. The fourth-order valence-electron chi connectivity index (χ4n) is 1.28. The van der Waals surface area contributed by atoms with E-state index < -0.39 is 17.5 Å². The molecule has 2 N–H and O–H groups in total. The van der Waals surface area contributed by atoms with Gasteiger partial charge in [-0.25, -0.2) is 9.59 Å². The number of methoxy groups -OCH3 is 1. The van der Waals surface area contributed by atoms with Crippen molar-refractivity contribution in [3.63, 3.8) is 0 Å². The summed E-state index contributed by atoms with van der Waals surface area (Å²) in [5.41, 5.74) is -1.23. The van der Waals surface area contributed by atoms with Crippen LogP contribution in [0.5, 0.6) is 0 Å². The summed E-state index contributed by atoms with van der Waals surface area (Å²) in [6.07, 6.45) is 1.61. The van der Waals surface area contributed by atoms with E-state index in [1.165, 1.54) is 25.8 Å². The molecule has 0 bridgehead atoms. The maximum atomic E-state index is 11.8. The number of aliphatic carboxylic acids is 1. The Morgan fingerprint density at radius 2 is 1.85 bits per heavy atom. The van der Waals surface area contributed by atoms with Crippen molar-refractivity contribution < 1.29 is 24.2 Å². The third-order valence-electron chi connectivity index (χ3n) is 3.09. The third-order valence-corrected chi connectivity index (χ3v) is 3.09. The van der Waals surface area contributed by atoms with Gasteiger partial charge in [-0.2, -0.15) is 0 Å². The molecule has 20 heavy (non-hydrogen) atoms. The maximum Gasteiger partial charge on any atom is 0.329 e. The van der Waals surface area contributed by atoms with E-state index in [9.17, 15) is 9.59 Å². The lowest BCUT2D eigenvalue weighted by atomic mass is 10.1. The molecule has 118 valence electrons. The molecule has 7 heteroatoms. The molecule has 0 radical (unpaired) electrons. The molecule has 2 amide bonds. The number of likely N-dealkylation sites (N-methyl/N-ethyl adjacent to an activating group) is 1. The highest BCUT2D eigenvalue weighted by Crippen LogP contribution is 2.12. The zero-order valence-corrected chi connectivity index (χ0v) is 12.8. The first-order valence-corrected chi connectivity index (χ1v) is 6.65. The van der Waals surface area contributed by atoms with Crippen molar-refractivity contribution in [1.82, 2.24) is 10.2 Å². The Bertz CT molecular complexity index is 307. The van der Waals surface area contributed by atoms with Gasteiger partial charge in [0.1, 0.15) is 5.54 Å². The number of carbonyl (C=O) groups is 2. The highest BCUT2D eigenvalue weighted by atomic mass is 16.5. The second-order valence-electron chi connectivity index (χ2n) is 4.97. The predicted octanol–water partition coefficient (Wildman–Crippen LogP) is 0.934. The van der Waals surface area contributed by atoms with Gasteiger partial charge in [-0.3, -0.25) is 0 Å². The molecule has 0 rings (SSSR count). The lowest BCUT2D eigenvalue weighted by Crippen LogP contribution is -2.54. The molecule has 0 spiro atoms. The molecule has 0 aromatic heterocycles. The summed E-state index contributed by atoms with van der Waals surface area (Å²) in [4.78, 5) is 24.0. The van der Waals surface area contributed by atoms with Crippen LogP contribution in [-0.4, -0.2) is 68.1 Å². The fraction of sp³-hybridized carbons (Fsp3) is 0.846. The molecule has 0 aromatic carbocycles. The molecule has 0 unspecified atom stereocenters. The Labute approximate surface area is 120 Å². The topological polar surface area (TPSA) is 88.1 Å². The predicted molar refractivity (Wildman–Crippen MR) is 74.8 cm³/mol. The minimum absolute atomic E-state index is 0.391. The average Bonchev–Trinajstić information content (AvgIpc) is 2.40. The van der Waals surface area contributed by atoms with Crippen LogP contribution in [0.1, 0.15) is 26.7 Å². The van der Waals surface area contributed by atoms with Crippen molar-refractivity contribution in [2.75, 3.05) is 40.5 Å². The molecule has 0 saturated carbocycles. The smallest absolute Gasteiger partial charge is 0.329 e. The van der Waals surface area contributed by atoms with Gasteiger partial charge in [0.25, 0.3) is 0 Å². The Hall–Kier alpha value is -1.34. The van der Waals surface area contributed by atoms with E-state index in [0.717, 1.165) is 12.8 Å². The largest absolute Gasteiger partial charge is 0.480 e. The summed E-state index contributed by atoms with van der Waals surface area (Å²) in [6, 6.07) is -0.391. The number of unbranched alkanes of at least 4 members (excludes halogenated alkanes) is 1. The normalized spacial score (nSPS) is 11.2. The van der Waals surface area contributed by atoms with E-state index in [2.05, 4.69) is 5.32 Å². The maximum absolute atomic E-state index is 11.8. The van der Waals surface area contributed by atoms with Gasteiger partial charge >= 0.3 is 12.0 Å². The van der Waals surface area contributed by atoms with Crippen LogP contribution in [0.4, 0.5) is 4.79 Å². The number of hydrogen-bond acceptors (Lipinski definition) is 4. The fourth-order valence-corrected chi connectivity index (χ4v) is 1.28. The Morgan fingerprint density at radius 1 is 1.20 bits per heavy atom. The van der Waals surface area contributed by atoms with E-state index in [4.69, 9.17) is 14.6 Å². The minimum Gasteiger partial charge on any atom is -0.480 e. The number of nitrogens with zero attached hydrogens (tertiary/aromatic N) is 1. The van der Waals surface area contributed by atoms with Crippen LogP contribution < -0.4 is 5.32 Å². The summed E-state index contributed by atoms with van der Waals surface area (Å²) < 4.78 is 10.1. The zero-order chi connectivity index (χ0) is 15.6. The van der Waals surface area contributed by atoms with Crippen molar-refractivity contribution in [2.45, 2.75) is 32.2 Å². The lowest BCUT2D eigenvalue weighted by molar-refractivity contribution is -0.146. The first kappa shape index (κ1) is 18.7. The van der Waals surface area contributed by atoms with Gasteiger partial charge in [-0.1, -0.05) is 0 Å². The van der Waals surface area contributed by atoms with Gasteiger partial charge in [0.15, 0.2) is 0 Å². The van der Waals surface area contributed by atoms with Crippen LogP contribution in [-0.2, 0) is 14.3 Å². The van der Waals surface area contributed by atoms with Gasteiger partial charge in [-0.05, 0) is 26.7 Å². The second-order valence-corrected chi connectivity index (χ2v) is 4.97. The number of carboxylic acid groups (broad SMARTS) is 1. The van der Waals surface area contributed by atoms with E-state index in [1.807, 2.05) is 0 Å². The van der Waals surface area contributed by atoms with Gasteiger partial charge in [-0.15, -0.1) is 0 Å². The molecule has 0 aliphatic heterocycles. The number of urea groups is 1. The molecule has 0 aliphatic rings. The van der Waals surface area contributed by atoms with Gasteiger partial charge < -0.3 is 24.8 Å². The van der Waals surface area contributed by atoms with Crippen LogP contribution in [0.2, 0.25) is 0 Å². The Kier molecular flexibility index (Phi) is 8.91. The summed E-state index contributed by atoms with van der Waals surface area (Å²) in [5.74, 6) is -1.04. The number of ether oxygens (including phenoxy) is 2. The molecule has 0 atom stereocenters. The van der Waals surface area contributed by atoms with Gasteiger partial charge in [0.2, 0.25) is 0 Å². The summed E-state index contributed by atoms with van der Waals surface area (Å²) in [5, 5.41) is 11.7. The molecule has 0 saturated heterocycles. The van der Waals surface area contributed by atoms with Crippen LogP contribution in [0.15, 0.2) is 0 Å². The molecular formula is C13H26N2O5. The number of carboxylic acids is 1. The SMILES string of the molecule is COCCOCCCCNC(=O)N(C)C(C)(C)C(=O)O. The molecule has 0 aliphatic carbocycles. The van der Waals surface area contributed by atoms with Crippen molar-refractivity contribution >= 4 is 12.0 Å². The second kappa shape index (κ2) is 9.55. The minimum atomic E-state index is -1.23. The number of carbonyl (C=O) groups excluding carboxylic acids is 1. The van der Waals surface area contributed by atoms with E-state index in [1.54, 1.807) is 7.11 Å². The lowest BCUT2D eigenvalue weighted by Gasteiger charge is -2.31.